The van der Waals surface area contributed by atoms with Gasteiger partial charge in [0.05, 0.1) is 47.4 Å². The van der Waals surface area contributed by atoms with E-state index in [4.69, 9.17) is 21.1 Å². The standard InChI is InChI=1S/C35H38ClN3O6/c1-3-34-18-19-35(45-34)29(28(34)31(41)37-23-14-16-25(17-15-23)44-4-2)33(43)39(24(21-40)20-22-10-6-5-7-11-22)30(35)32(42)38-27-13-9-8-12-26(27)36/h5-17,24,28-30,40H,3-4,18-21H2,1-2H3,(H,37,41)(H,38,42)/t24-,28+,29+,30?,34-,35?/m1/s1. The molecule has 3 saturated heterocycles. The molecular weight excluding hydrogens is 594 g/mol. The van der Waals surface area contributed by atoms with E-state index in [0.717, 1.165) is 5.56 Å². The first-order valence-electron chi connectivity index (χ1n) is 15.5. The smallest absolute Gasteiger partial charge is 0.250 e. The topological polar surface area (TPSA) is 117 Å². The van der Waals surface area contributed by atoms with Crippen molar-refractivity contribution in [1.82, 2.24) is 4.90 Å². The van der Waals surface area contributed by atoms with Crippen LogP contribution in [0.1, 0.15) is 38.7 Å². The van der Waals surface area contributed by atoms with Crippen LogP contribution >= 0.6 is 11.6 Å². The minimum Gasteiger partial charge on any atom is -0.494 e. The summed E-state index contributed by atoms with van der Waals surface area (Å²) in [4.78, 5) is 44.6. The maximum absolute atomic E-state index is 14.7. The molecular formula is C35H38ClN3O6. The van der Waals surface area contributed by atoms with Crippen LogP contribution < -0.4 is 15.4 Å². The van der Waals surface area contributed by atoms with Crippen LogP contribution in [0.5, 0.6) is 5.75 Å². The zero-order valence-electron chi connectivity index (χ0n) is 25.4. The summed E-state index contributed by atoms with van der Waals surface area (Å²) in [6, 6.07) is 21.7. The number of rotatable bonds is 11. The van der Waals surface area contributed by atoms with E-state index in [1.54, 1.807) is 48.5 Å². The molecule has 3 heterocycles. The summed E-state index contributed by atoms with van der Waals surface area (Å²) >= 11 is 6.41. The lowest BCUT2D eigenvalue weighted by atomic mass is 9.65. The molecule has 0 saturated carbocycles. The Labute approximate surface area is 267 Å². The third-order valence-electron chi connectivity index (χ3n) is 9.63. The lowest BCUT2D eigenvalue weighted by molar-refractivity contribution is -0.148. The number of benzene rings is 3. The van der Waals surface area contributed by atoms with Crippen LogP contribution in [0.25, 0.3) is 0 Å². The van der Waals surface area contributed by atoms with Gasteiger partial charge >= 0.3 is 0 Å². The first kappa shape index (κ1) is 31.1. The number of nitrogens with zero attached hydrogens (tertiary/aromatic N) is 1. The van der Waals surface area contributed by atoms with Crippen molar-refractivity contribution in [2.75, 3.05) is 23.8 Å². The molecule has 6 atom stereocenters. The van der Waals surface area contributed by atoms with Crippen molar-refractivity contribution < 1.29 is 29.0 Å². The molecule has 3 aromatic carbocycles. The minimum atomic E-state index is -1.26. The summed E-state index contributed by atoms with van der Waals surface area (Å²) in [5.41, 5.74) is -0.298. The third-order valence-corrected chi connectivity index (χ3v) is 9.96. The maximum Gasteiger partial charge on any atom is 0.250 e. The molecule has 3 fully saturated rings. The van der Waals surface area contributed by atoms with Crippen LogP contribution in [0.2, 0.25) is 5.02 Å². The number of hydrogen-bond donors (Lipinski definition) is 3. The second-order valence-corrected chi connectivity index (χ2v) is 12.4. The zero-order chi connectivity index (χ0) is 31.8. The van der Waals surface area contributed by atoms with Gasteiger partial charge in [0.1, 0.15) is 17.4 Å². The summed E-state index contributed by atoms with van der Waals surface area (Å²) < 4.78 is 12.4. The van der Waals surface area contributed by atoms with Crippen LogP contribution in [-0.2, 0) is 25.5 Å². The zero-order valence-corrected chi connectivity index (χ0v) is 26.1. The van der Waals surface area contributed by atoms with E-state index in [-0.39, 0.29) is 18.4 Å². The predicted octanol–water partition coefficient (Wildman–Crippen LogP) is 5.07. The summed E-state index contributed by atoms with van der Waals surface area (Å²) in [7, 11) is 0. The van der Waals surface area contributed by atoms with Gasteiger partial charge in [-0.25, -0.2) is 0 Å². The predicted molar refractivity (Wildman–Crippen MR) is 171 cm³/mol. The number of fused-ring (bicyclic) bond motifs is 1. The van der Waals surface area contributed by atoms with Crippen molar-refractivity contribution >= 4 is 40.7 Å². The quantitative estimate of drug-likeness (QED) is 0.272. The van der Waals surface area contributed by atoms with Crippen molar-refractivity contribution in [1.29, 1.82) is 0 Å². The number of carbonyl (C=O) groups excluding carboxylic acids is 3. The molecule has 236 valence electrons. The lowest BCUT2D eigenvalue weighted by Crippen LogP contribution is -2.57. The molecule has 2 bridgehead atoms. The van der Waals surface area contributed by atoms with E-state index >= 15 is 0 Å². The molecule has 10 heteroatoms. The molecule has 6 rings (SSSR count). The highest BCUT2D eigenvalue weighted by Gasteiger charge is 2.79. The number of nitrogens with one attached hydrogen (secondary N) is 2. The number of ether oxygens (including phenoxy) is 2. The van der Waals surface area contributed by atoms with Crippen LogP contribution in [0.15, 0.2) is 78.9 Å². The van der Waals surface area contributed by atoms with Crippen LogP contribution in [0.3, 0.4) is 0 Å². The van der Waals surface area contributed by atoms with E-state index in [2.05, 4.69) is 10.6 Å². The van der Waals surface area contributed by atoms with Gasteiger partial charge in [0.2, 0.25) is 17.7 Å². The van der Waals surface area contributed by atoms with Gasteiger partial charge in [-0.2, -0.15) is 0 Å². The SMILES string of the molecule is CCOc1ccc(NC(=O)[C@@H]2[C@H]3C(=O)N([C@@H](CO)Cc4ccccc4)C(C(=O)Nc4ccccc4Cl)C34CC[C@@]2(CC)O4)cc1. The first-order valence-corrected chi connectivity index (χ1v) is 15.9. The summed E-state index contributed by atoms with van der Waals surface area (Å²) in [6.07, 6.45) is 1.75. The van der Waals surface area contributed by atoms with E-state index < -0.39 is 41.0 Å². The Morgan fingerprint density at radius 1 is 1.00 bits per heavy atom. The van der Waals surface area contributed by atoms with Gasteiger partial charge in [-0.05, 0) is 74.6 Å². The van der Waals surface area contributed by atoms with Crippen LogP contribution in [0, 0.1) is 11.8 Å². The molecule has 3 aromatic rings. The Morgan fingerprint density at radius 2 is 1.71 bits per heavy atom. The van der Waals surface area contributed by atoms with Crippen molar-refractivity contribution in [3.8, 4) is 5.75 Å². The Hall–Kier alpha value is -3.92. The van der Waals surface area contributed by atoms with Gasteiger partial charge < -0.3 is 30.1 Å². The summed E-state index contributed by atoms with van der Waals surface area (Å²) in [5, 5.41) is 17.0. The van der Waals surface area contributed by atoms with Crippen LogP contribution in [-0.4, -0.2) is 64.2 Å². The Bertz CT molecular complexity index is 1570. The number of amides is 3. The number of halogens is 1. The average Bonchev–Trinajstić information content (AvgIpc) is 3.66. The molecule has 45 heavy (non-hydrogen) atoms. The van der Waals surface area contributed by atoms with Gasteiger partial charge in [0.15, 0.2) is 0 Å². The van der Waals surface area contributed by atoms with Crippen molar-refractivity contribution in [3.63, 3.8) is 0 Å². The second kappa shape index (κ2) is 12.5. The number of carbonyl (C=O) groups is 3. The fraction of sp³-hybridized carbons (Fsp3) is 0.400. The number of hydrogen-bond acceptors (Lipinski definition) is 6. The fourth-order valence-electron chi connectivity index (χ4n) is 7.67. The highest BCUT2D eigenvalue weighted by molar-refractivity contribution is 6.33. The average molecular weight is 632 g/mol. The first-order chi connectivity index (χ1) is 21.8. The molecule has 2 unspecified atom stereocenters. The molecule has 9 nitrogen and oxygen atoms in total. The number of para-hydroxylation sites is 1. The normalized spacial score (nSPS) is 27.2. The molecule has 3 aliphatic heterocycles. The highest BCUT2D eigenvalue weighted by atomic mass is 35.5. The van der Waals surface area contributed by atoms with E-state index in [1.165, 1.54) is 4.90 Å². The molecule has 3 amide bonds. The Morgan fingerprint density at radius 3 is 2.38 bits per heavy atom. The van der Waals surface area contributed by atoms with Gasteiger partial charge in [0, 0.05) is 5.69 Å². The second-order valence-electron chi connectivity index (χ2n) is 12.0. The highest BCUT2D eigenvalue weighted by Crippen LogP contribution is 2.64. The molecule has 0 aliphatic carbocycles. The number of aliphatic hydroxyl groups is 1. The number of likely N-dealkylation sites (tertiary alicyclic amines) is 1. The lowest BCUT2D eigenvalue weighted by Gasteiger charge is -2.37. The number of anilines is 2. The van der Waals surface area contributed by atoms with Crippen molar-refractivity contribution in [2.24, 2.45) is 11.8 Å². The Balaban J connectivity index is 1.39. The van der Waals surface area contributed by atoms with Gasteiger partial charge in [0.25, 0.3) is 0 Å². The molecule has 0 aromatic heterocycles. The van der Waals surface area contributed by atoms with E-state index in [9.17, 15) is 19.5 Å². The van der Waals surface area contributed by atoms with E-state index in [0.29, 0.717) is 54.4 Å². The summed E-state index contributed by atoms with van der Waals surface area (Å²) in [5.74, 6) is -2.24. The molecule has 3 aliphatic rings. The van der Waals surface area contributed by atoms with E-state index in [1.807, 2.05) is 44.2 Å². The summed E-state index contributed by atoms with van der Waals surface area (Å²) in [6.45, 7) is 4.00. The largest absolute Gasteiger partial charge is 0.494 e. The molecule has 0 radical (unpaired) electrons. The molecule has 1 spiro atoms. The van der Waals surface area contributed by atoms with Gasteiger partial charge in [-0.1, -0.05) is 61.0 Å². The Kier molecular flexibility index (Phi) is 8.61. The fourth-order valence-corrected chi connectivity index (χ4v) is 7.85. The van der Waals surface area contributed by atoms with Crippen molar-refractivity contribution in [3.05, 3.63) is 89.4 Å². The third kappa shape index (κ3) is 5.37. The minimum absolute atomic E-state index is 0.323. The van der Waals surface area contributed by atoms with Crippen LogP contribution in [0.4, 0.5) is 11.4 Å². The number of aliphatic hydroxyl groups excluding tert-OH is 1. The van der Waals surface area contributed by atoms with Gasteiger partial charge in [-0.15, -0.1) is 0 Å². The van der Waals surface area contributed by atoms with Gasteiger partial charge in [-0.3, -0.25) is 14.4 Å². The monoisotopic (exact) mass is 631 g/mol. The van der Waals surface area contributed by atoms with Crippen molar-refractivity contribution in [2.45, 2.75) is 62.8 Å². The maximum atomic E-state index is 14.7. The molecule has 3 N–H and O–H groups in total.